The van der Waals surface area contributed by atoms with Crippen molar-refractivity contribution in [2.24, 2.45) is 0 Å². The van der Waals surface area contributed by atoms with Crippen molar-refractivity contribution in [1.29, 1.82) is 0 Å². The van der Waals surface area contributed by atoms with Crippen LogP contribution in [0.1, 0.15) is 15.9 Å². The van der Waals surface area contributed by atoms with Crippen LogP contribution in [0.3, 0.4) is 0 Å². The van der Waals surface area contributed by atoms with Crippen molar-refractivity contribution in [1.82, 2.24) is 10.3 Å². The van der Waals surface area contributed by atoms with Gasteiger partial charge in [-0.15, -0.1) is 4.83 Å². The molecule has 0 radical (unpaired) electrons. The zero-order chi connectivity index (χ0) is 17.0. The van der Waals surface area contributed by atoms with E-state index in [9.17, 15) is 13.2 Å². The van der Waals surface area contributed by atoms with Crippen LogP contribution < -0.4 is 15.0 Å². The number of hydrogen-bond acceptors (Lipinski definition) is 4. The number of amides is 1. The maximum absolute atomic E-state index is 12.2. The lowest BCUT2D eigenvalue weighted by Crippen LogP contribution is -2.41. The molecule has 0 aliphatic heterocycles. The minimum atomic E-state index is -3.89. The van der Waals surface area contributed by atoms with Gasteiger partial charge in [-0.3, -0.25) is 10.2 Å². The second-order valence-electron chi connectivity index (χ2n) is 4.72. The van der Waals surface area contributed by atoms with Gasteiger partial charge in [-0.1, -0.05) is 17.7 Å². The van der Waals surface area contributed by atoms with Crippen LogP contribution in [0.4, 0.5) is 0 Å². The van der Waals surface area contributed by atoms with E-state index in [1.54, 1.807) is 24.3 Å². The van der Waals surface area contributed by atoms with Gasteiger partial charge in [0, 0.05) is 5.56 Å². The Morgan fingerprint density at radius 3 is 2.35 bits per heavy atom. The highest BCUT2D eigenvalue weighted by molar-refractivity contribution is 9.10. The van der Waals surface area contributed by atoms with Crippen LogP contribution in [-0.2, 0) is 10.0 Å². The van der Waals surface area contributed by atoms with E-state index in [2.05, 4.69) is 26.2 Å². The van der Waals surface area contributed by atoms with Crippen molar-refractivity contribution in [3.8, 4) is 5.75 Å². The fraction of sp³-hybridized carbons (Fsp3) is 0.133. The molecule has 0 bridgehead atoms. The molecule has 0 aliphatic carbocycles. The number of hydrogen-bond donors (Lipinski definition) is 2. The molecule has 2 N–H and O–H groups in total. The Balaban J connectivity index is 2.11. The molecule has 2 aromatic carbocycles. The van der Waals surface area contributed by atoms with E-state index < -0.39 is 15.9 Å². The molecular formula is C15H15BrN2O4S. The van der Waals surface area contributed by atoms with E-state index in [0.717, 1.165) is 5.56 Å². The molecule has 0 saturated carbocycles. The summed E-state index contributed by atoms with van der Waals surface area (Å²) in [6.45, 7) is 1.89. The number of ether oxygens (including phenoxy) is 1. The SMILES string of the molecule is COc1ccc(S(=O)(=O)NNC(=O)c2ccc(C)cc2)cc1Br. The Labute approximate surface area is 143 Å². The summed E-state index contributed by atoms with van der Waals surface area (Å²) >= 11 is 3.22. The highest BCUT2D eigenvalue weighted by Gasteiger charge is 2.17. The molecule has 2 rings (SSSR count). The molecule has 23 heavy (non-hydrogen) atoms. The summed E-state index contributed by atoms with van der Waals surface area (Å²) in [5, 5.41) is 0. The fourth-order valence-corrected chi connectivity index (χ4v) is 3.32. The van der Waals surface area contributed by atoms with Gasteiger partial charge in [-0.05, 0) is 53.2 Å². The first kappa shape index (κ1) is 17.5. The van der Waals surface area contributed by atoms with Gasteiger partial charge in [-0.25, -0.2) is 8.42 Å². The van der Waals surface area contributed by atoms with E-state index in [4.69, 9.17) is 4.74 Å². The average Bonchev–Trinajstić information content (AvgIpc) is 2.53. The molecule has 2 aromatic rings. The molecule has 0 atom stereocenters. The Hall–Kier alpha value is -1.90. The predicted octanol–water partition coefficient (Wildman–Crippen LogP) is 2.39. The van der Waals surface area contributed by atoms with E-state index >= 15 is 0 Å². The molecule has 0 fully saturated rings. The second-order valence-corrected chi connectivity index (χ2v) is 7.26. The first-order valence-corrected chi connectivity index (χ1v) is 8.83. The molecule has 0 aliphatic rings. The Morgan fingerprint density at radius 2 is 1.78 bits per heavy atom. The van der Waals surface area contributed by atoms with Gasteiger partial charge in [0.15, 0.2) is 0 Å². The third-order valence-electron chi connectivity index (χ3n) is 3.05. The summed E-state index contributed by atoms with van der Waals surface area (Å²) in [7, 11) is -2.41. The fourth-order valence-electron chi connectivity index (χ4n) is 1.76. The van der Waals surface area contributed by atoms with Gasteiger partial charge < -0.3 is 4.74 Å². The maximum atomic E-state index is 12.2. The molecular weight excluding hydrogens is 384 g/mol. The topological polar surface area (TPSA) is 84.5 Å². The van der Waals surface area contributed by atoms with E-state index in [1.807, 2.05) is 6.92 Å². The lowest BCUT2D eigenvalue weighted by molar-refractivity contribution is 0.0945. The predicted molar refractivity (Wildman–Crippen MR) is 89.7 cm³/mol. The minimum Gasteiger partial charge on any atom is -0.496 e. The van der Waals surface area contributed by atoms with Crippen LogP contribution >= 0.6 is 15.9 Å². The largest absolute Gasteiger partial charge is 0.496 e. The van der Waals surface area contributed by atoms with Crippen molar-refractivity contribution >= 4 is 31.9 Å². The van der Waals surface area contributed by atoms with Gasteiger partial charge in [0.25, 0.3) is 15.9 Å². The van der Waals surface area contributed by atoms with Crippen LogP contribution in [-0.4, -0.2) is 21.4 Å². The van der Waals surface area contributed by atoms with Gasteiger partial charge in [0.1, 0.15) is 5.75 Å². The normalized spacial score (nSPS) is 11.1. The highest BCUT2D eigenvalue weighted by Crippen LogP contribution is 2.27. The van der Waals surface area contributed by atoms with Crippen LogP contribution in [0.25, 0.3) is 0 Å². The number of hydrazine groups is 1. The average molecular weight is 399 g/mol. The summed E-state index contributed by atoms with van der Waals surface area (Å²) in [4.78, 5) is 14.0. The number of nitrogens with one attached hydrogen (secondary N) is 2. The third kappa shape index (κ3) is 4.31. The van der Waals surface area contributed by atoms with Gasteiger partial charge >= 0.3 is 0 Å². The standard InChI is InChI=1S/C15H15BrN2O4S/c1-10-3-5-11(6-4-10)15(19)17-18-23(20,21)12-7-8-14(22-2)13(16)9-12/h3-9,18H,1-2H3,(H,17,19). The minimum absolute atomic E-state index is 0.00520. The lowest BCUT2D eigenvalue weighted by atomic mass is 10.1. The van der Waals surface area contributed by atoms with E-state index in [1.165, 1.54) is 25.3 Å². The molecule has 0 aromatic heterocycles. The molecule has 0 unspecified atom stereocenters. The summed E-state index contributed by atoms with van der Waals surface area (Å²) in [5.41, 5.74) is 3.54. The quantitative estimate of drug-likeness (QED) is 0.757. The molecule has 1 amide bonds. The number of aryl methyl sites for hydroxylation is 1. The first-order chi connectivity index (χ1) is 10.8. The molecule has 0 saturated heterocycles. The third-order valence-corrected chi connectivity index (χ3v) is 4.91. The Morgan fingerprint density at radius 1 is 1.13 bits per heavy atom. The number of methoxy groups -OCH3 is 1. The van der Waals surface area contributed by atoms with Crippen LogP contribution in [0.2, 0.25) is 0 Å². The van der Waals surface area contributed by atoms with Crippen molar-refractivity contribution < 1.29 is 17.9 Å². The number of halogens is 1. The Kier molecular flexibility index (Phi) is 5.40. The second kappa shape index (κ2) is 7.12. The maximum Gasteiger partial charge on any atom is 0.266 e. The molecule has 8 heteroatoms. The van der Waals surface area contributed by atoms with Crippen LogP contribution in [0.5, 0.6) is 5.75 Å². The monoisotopic (exact) mass is 398 g/mol. The van der Waals surface area contributed by atoms with Crippen LogP contribution in [0, 0.1) is 6.92 Å². The number of benzene rings is 2. The summed E-state index contributed by atoms with van der Waals surface area (Å²) in [5.74, 6) is -0.0335. The van der Waals surface area contributed by atoms with Crippen molar-refractivity contribution in [2.75, 3.05) is 7.11 Å². The summed E-state index contributed by atoms with van der Waals surface area (Å²) in [6.07, 6.45) is 0. The smallest absolute Gasteiger partial charge is 0.266 e. The number of sulfonamides is 1. The lowest BCUT2D eigenvalue weighted by Gasteiger charge is -2.10. The zero-order valence-electron chi connectivity index (χ0n) is 12.5. The van der Waals surface area contributed by atoms with Crippen molar-refractivity contribution in [2.45, 2.75) is 11.8 Å². The van der Waals surface area contributed by atoms with E-state index in [-0.39, 0.29) is 4.90 Å². The molecule has 6 nitrogen and oxygen atoms in total. The first-order valence-electron chi connectivity index (χ1n) is 6.56. The van der Waals surface area contributed by atoms with E-state index in [0.29, 0.717) is 15.8 Å². The number of rotatable bonds is 5. The van der Waals surface area contributed by atoms with Crippen molar-refractivity contribution in [3.63, 3.8) is 0 Å². The van der Waals surface area contributed by atoms with Gasteiger partial charge in [0.05, 0.1) is 16.5 Å². The number of carbonyl (C=O) groups is 1. The van der Waals surface area contributed by atoms with Gasteiger partial charge in [-0.2, -0.15) is 0 Å². The number of carbonyl (C=O) groups excluding carboxylic acids is 1. The summed E-state index contributed by atoms with van der Waals surface area (Å²) < 4.78 is 29.9. The molecule has 122 valence electrons. The highest BCUT2D eigenvalue weighted by atomic mass is 79.9. The zero-order valence-corrected chi connectivity index (χ0v) is 14.9. The molecule has 0 heterocycles. The van der Waals surface area contributed by atoms with Crippen molar-refractivity contribution in [3.05, 3.63) is 58.1 Å². The van der Waals surface area contributed by atoms with Gasteiger partial charge in [0.2, 0.25) is 0 Å². The Bertz CT molecular complexity index is 820. The summed E-state index contributed by atoms with van der Waals surface area (Å²) in [6, 6.07) is 11.0. The molecule has 0 spiro atoms. The van der Waals surface area contributed by atoms with Crippen LogP contribution in [0.15, 0.2) is 51.8 Å².